The minimum atomic E-state index is -0.310. The summed E-state index contributed by atoms with van der Waals surface area (Å²) in [6.07, 6.45) is 2.10. The summed E-state index contributed by atoms with van der Waals surface area (Å²) < 4.78 is 0. The molecule has 0 aliphatic heterocycles. The molecule has 0 aliphatic rings. The van der Waals surface area contributed by atoms with Crippen LogP contribution in [-0.2, 0) is 6.54 Å². The van der Waals surface area contributed by atoms with Gasteiger partial charge in [-0.05, 0) is 24.8 Å². The van der Waals surface area contributed by atoms with Crippen molar-refractivity contribution in [3.8, 4) is 0 Å². The van der Waals surface area contributed by atoms with E-state index < -0.39 is 0 Å². The van der Waals surface area contributed by atoms with Gasteiger partial charge < -0.3 is 15.5 Å². The van der Waals surface area contributed by atoms with Gasteiger partial charge in [0, 0.05) is 19.7 Å². The van der Waals surface area contributed by atoms with Crippen LogP contribution in [0.1, 0.15) is 24.8 Å². The Morgan fingerprint density at radius 1 is 1.12 bits per heavy atom. The van der Waals surface area contributed by atoms with Gasteiger partial charge in [-0.1, -0.05) is 30.3 Å². The fourth-order valence-corrected chi connectivity index (χ4v) is 1.57. The minimum absolute atomic E-state index is 0.212. The molecule has 3 heteroatoms. The molecule has 0 aromatic heterocycles. The predicted octanol–water partition coefficient (Wildman–Crippen LogP) is 1.30. The van der Waals surface area contributed by atoms with Crippen molar-refractivity contribution < 1.29 is 10.2 Å². The van der Waals surface area contributed by atoms with Crippen LogP contribution in [0.5, 0.6) is 0 Å². The number of nitrogens with one attached hydrogen (secondary N) is 1. The molecule has 0 saturated carbocycles. The molecule has 1 aromatic rings. The summed E-state index contributed by atoms with van der Waals surface area (Å²) in [7, 11) is 0. The van der Waals surface area contributed by atoms with E-state index in [-0.39, 0.29) is 12.7 Å². The van der Waals surface area contributed by atoms with Crippen molar-refractivity contribution in [3.05, 3.63) is 35.9 Å². The number of hydrogen-bond donors (Lipinski definition) is 3. The van der Waals surface area contributed by atoms with Crippen molar-refractivity contribution in [1.29, 1.82) is 0 Å². The molecule has 1 aromatic carbocycles. The van der Waals surface area contributed by atoms with Crippen LogP contribution in [0.15, 0.2) is 30.3 Å². The third-order valence-corrected chi connectivity index (χ3v) is 2.50. The Morgan fingerprint density at radius 2 is 1.88 bits per heavy atom. The molecule has 16 heavy (non-hydrogen) atoms. The average molecular weight is 223 g/mol. The third-order valence-electron chi connectivity index (χ3n) is 2.50. The van der Waals surface area contributed by atoms with Crippen LogP contribution >= 0.6 is 0 Å². The van der Waals surface area contributed by atoms with Crippen LogP contribution in [0.2, 0.25) is 0 Å². The molecule has 1 rings (SSSR count). The third kappa shape index (κ3) is 5.85. The Bertz CT molecular complexity index is 264. The molecule has 3 N–H and O–H groups in total. The first-order chi connectivity index (χ1) is 7.83. The maximum atomic E-state index is 9.61. The quantitative estimate of drug-likeness (QED) is 0.582. The van der Waals surface area contributed by atoms with Crippen molar-refractivity contribution >= 4 is 0 Å². The molecule has 0 saturated heterocycles. The van der Waals surface area contributed by atoms with E-state index in [2.05, 4.69) is 17.4 Å². The summed E-state index contributed by atoms with van der Waals surface area (Å²) in [5, 5.41) is 21.4. The van der Waals surface area contributed by atoms with Crippen molar-refractivity contribution in [2.24, 2.45) is 0 Å². The maximum absolute atomic E-state index is 9.61. The smallest absolute Gasteiger partial charge is 0.0664 e. The van der Waals surface area contributed by atoms with E-state index in [1.165, 1.54) is 5.56 Å². The highest BCUT2D eigenvalue weighted by Gasteiger charge is 2.02. The Hall–Kier alpha value is -0.900. The molecule has 1 unspecified atom stereocenters. The van der Waals surface area contributed by atoms with Crippen molar-refractivity contribution in [3.63, 3.8) is 0 Å². The van der Waals surface area contributed by atoms with Gasteiger partial charge in [0.05, 0.1) is 6.10 Å². The zero-order valence-electron chi connectivity index (χ0n) is 9.60. The number of benzene rings is 1. The molecule has 1 atom stereocenters. The average Bonchev–Trinajstić information content (AvgIpc) is 2.31. The van der Waals surface area contributed by atoms with Gasteiger partial charge in [-0.2, -0.15) is 0 Å². The molecule has 0 spiro atoms. The highest BCUT2D eigenvalue weighted by Crippen LogP contribution is 2.01. The zero-order chi connectivity index (χ0) is 11.6. The first-order valence-electron chi connectivity index (χ1n) is 5.86. The Kier molecular flexibility index (Phi) is 6.81. The van der Waals surface area contributed by atoms with E-state index >= 15 is 0 Å². The molecule has 0 heterocycles. The SMILES string of the molecule is OCCCCC(O)CNCc1ccccc1. The minimum Gasteiger partial charge on any atom is -0.396 e. The van der Waals surface area contributed by atoms with Gasteiger partial charge in [-0.15, -0.1) is 0 Å². The Labute approximate surface area is 97.1 Å². The summed E-state index contributed by atoms with van der Waals surface area (Å²) >= 11 is 0. The van der Waals surface area contributed by atoms with E-state index in [1.807, 2.05) is 18.2 Å². The van der Waals surface area contributed by atoms with Gasteiger partial charge in [0.25, 0.3) is 0 Å². The van der Waals surface area contributed by atoms with Crippen LogP contribution in [-0.4, -0.2) is 29.5 Å². The lowest BCUT2D eigenvalue weighted by Gasteiger charge is -2.11. The number of unbranched alkanes of at least 4 members (excludes halogenated alkanes) is 1. The van der Waals surface area contributed by atoms with Gasteiger partial charge in [-0.25, -0.2) is 0 Å². The van der Waals surface area contributed by atoms with Crippen LogP contribution in [0, 0.1) is 0 Å². The summed E-state index contributed by atoms with van der Waals surface area (Å²) in [6.45, 7) is 1.61. The molecule has 0 bridgehead atoms. The Morgan fingerprint density at radius 3 is 2.56 bits per heavy atom. The number of aliphatic hydroxyl groups excluding tert-OH is 2. The second-order valence-electron chi connectivity index (χ2n) is 3.99. The zero-order valence-corrected chi connectivity index (χ0v) is 9.60. The van der Waals surface area contributed by atoms with Gasteiger partial charge in [0.15, 0.2) is 0 Å². The van der Waals surface area contributed by atoms with Gasteiger partial charge in [0.2, 0.25) is 0 Å². The normalized spacial score (nSPS) is 12.6. The molecule has 0 aliphatic carbocycles. The molecule has 90 valence electrons. The highest BCUT2D eigenvalue weighted by molar-refractivity contribution is 5.14. The molecule has 3 nitrogen and oxygen atoms in total. The largest absolute Gasteiger partial charge is 0.396 e. The van der Waals surface area contributed by atoms with E-state index in [0.717, 1.165) is 25.8 Å². The molecular formula is C13H21NO2. The summed E-state index contributed by atoms with van der Waals surface area (Å²) in [5.74, 6) is 0. The molecular weight excluding hydrogens is 202 g/mol. The fraction of sp³-hybridized carbons (Fsp3) is 0.538. The lowest BCUT2D eigenvalue weighted by atomic mass is 10.1. The second-order valence-corrected chi connectivity index (χ2v) is 3.99. The van der Waals surface area contributed by atoms with Crippen molar-refractivity contribution in [1.82, 2.24) is 5.32 Å². The summed E-state index contributed by atoms with van der Waals surface area (Å²) in [5.41, 5.74) is 1.23. The molecule has 0 radical (unpaired) electrons. The van der Waals surface area contributed by atoms with Crippen LogP contribution < -0.4 is 5.32 Å². The van der Waals surface area contributed by atoms with Gasteiger partial charge >= 0.3 is 0 Å². The van der Waals surface area contributed by atoms with Crippen LogP contribution in [0.25, 0.3) is 0 Å². The number of aliphatic hydroxyl groups is 2. The number of rotatable bonds is 8. The highest BCUT2D eigenvalue weighted by atomic mass is 16.3. The molecule has 0 fully saturated rings. The van der Waals surface area contributed by atoms with E-state index in [0.29, 0.717) is 6.54 Å². The van der Waals surface area contributed by atoms with Gasteiger partial charge in [-0.3, -0.25) is 0 Å². The lowest BCUT2D eigenvalue weighted by Crippen LogP contribution is -2.26. The van der Waals surface area contributed by atoms with E-state index in [4.69, 9.17) is 5.11 Å². The van der Waals surface area contributed by atoms with Crippen LogP contribution in [0.4, 0.5) is 0 Å². The van der Waals surface area contributed by atoms with E-state index in [1.54, 1.807) is 0 Å². The summed E-state index contributed by atoms with van der Waals surface area (Å²) in [4.78, 5) is 0. The second kappa shape index (κ2) is 8.28. The Balaban J connectivity index is 2.06. The maximum Gasteiger partial charge on any atom is 0.0664 e. The fourth-order valence-electron chi connectivity index (χ4n) is 1.57. The van der Waals surface area contributed by atoms with Crippen molar-refractivity contribution in [2.75, 3.05) is 13.2 Å². The van der Waals surface area contributed by atoms with Crippen molar-refractivity contribution in [2.45, 2.75) is 31.9 Å². The van der Waals surface area contributed by atoms with Crippen LogP contribution in [0.3, 0.4) is 0 Å². The van der Waals surface area contributed by atoms with Gasteiger partial charge in [0.1, 0.15) is 0 Å². The first kappa shape index (κ1) is 13.2. The lowest BCUT2D eigenvalue weighted by molar-refractivity contribution is 0.154. The topological polar surface area (TPSA) is 52.5 Å². The summed E-state index contributed by atoms with van der Waals surface area (Å²) in [6, 6.07) is 10.1. The molecule has 0 amide bonds. The van der Waals surface area contributed by atoms with E-state index in [9.17, 15) is 5.11 Å². The standard InChI is InChI=1S/C13H21NO2/c15-9-5-4-8-13(16)11-14-10-12-6-2-1-3-7-12/h1-3,6-7,13-16H,4-5,8-11H2. The predicted molar refractivity (Wildman–Crippen MR) is 65.1 cm³/mol. The first-order valence-corrected chi connectivity index (χ1v) is 5.86. The monoisotopic (exact) mass is 223 g/mol. The number of hydrogen-bond acceptors (Lipinski definition) is 3.